The third kappa shape index (κ3) is 5.47. The van der Waals surface area contributed by atoms with Crippen LogP contribution < -0.4 is 10.6 Å². The van der Waals surface area contributed by atoms with Gasteiger partial charge in [-0.25, -0.2) is 4.98 Å². The minimum Gasteiger partial charge on any atom is -0.447 e. The number of hydrogen-bond acceptors (Lipinski definition) is 6. The average molecular weight is 336 g/mol. The van der Waals surface area contributed by atoms with Gasteiger partial charge in [-0.2, -0.15) is 0 Å². The third-order valence-corrected chi connectivity index (χ3v) is 3.67. The van der Waals surface area contributed by atoms with Crippen molar-refractivity contribution in [3.05, 3.63) is 30.5 Å². The Kier molecular flexibility index (Phi) is 6.95. The van der Waals surface area contributed by atoms with Crippen molar-refractivity contribution in [2.75, 3.05) is 32.8 Å². The van der Waals surface area contributed by atoms with Crippen molar-refractivity contribution in [3.8, 4) is 0 Å². The number of carbonyl (C=O) groups is 2. The van der Waals surface area contributed by atoms with Crippen LogP contribution >= 0.6 is 0 Å². The predicted octanol–water partition coefficient (Wildman–Crippen LogP) is 0.317. The number of aromatic nitrogens is 1. The zero-order valence-electron chi connectivity index (χ0n) is 13.9. The predicted molar refractivity (Wildman–Crippen MR) is 87.4 cm³/mol. The Hall–Kier alpha value is -2.19. The Morgan fingerprint density at radius 3 is 3.04 bits per heavy atom. The van der Waals surface area contributed by atoms with Gasteiger partial charge in [0.15, 0.2) is 5.69 Å². The number of carbonyl (C=O) groups excluding carboxylic acids is 2. The van der Waals surface area contributed by atoms with Crippen molar-refractivity contribution < 1.29 is 18.7 Å². The Bertz CT molecular complexity index is 572. The maximum atomic E-state index is 11.9. The number of likely N-dealkylation sites (tertiary alicyclic amines) is 1. The lowest BCUT2D eigenvalue weighted by Gasteiger charge is -2.13. The van der Waals surface area contributed by atoms with Crippen LogP contribution in [0.4, 0.5) is 0 Å². The van der Waals surface area contributed by atoms with Crippen LogP contribution in [0.25, 0.3) is 0 Å². The van der Waals surface area contributed by atoms with Crippen LogP contribution in [0.3, 0.4) is 0 Å². The standard InChI is InChI=1S/C16H24N4O4/c1-3-14(21)17-6-7-18-16(22)13-11-24-15(19-13)10-20-8-5-12(9-20)23-4-2/h3,11-12H,1,4-10H2,2H3,(H,17,21)(H,18,22). The van der Waals surface area contributed by atoms with Crippen molar-refractivity contribution >= 4 is 11.8 Å². The molecular weight excluding hydrogens is 312 g/mol. The smallest absolute Gasteiger partial charge is 0.273 e. The van der Waals surface area contributed by atoms with Crippen LogP contribution in [0.15, 0.2) is 23.3 Å². The van der Waals surface area contributed by atoms with E-state index in [0.717, 1.165) is 26.1 Å². The van der Waals surface area contributed by atoms with Gasteiger partial charge in [0, 0.05) is 32.8 Å². The molecule has 1 atom stereocenters. The van der Waals surface area contributed by atoms with E-state index in [4.69, 9.17) is 9.15 Å². The van der Waals surface area contributed by atoms with E-state index < -0.39 is 0 Å². The van der Waals surface area contributed by atoms with E-state index in [0.29, 0.717) is 25.5 Å². The summed E-state index contributed by atoms with van der Waals surface area (Å²) >= 11 is 0. The minimum atomic E-state index is -0.327. The van der Waals surface area contributed by atoms with Gasteiger partial charge in [0.1, 0.15) is 6.26 Å². The second-order valence-electron chi connectivity index (χ2n) is 5.48. The highest BCUT2D eigenvalue weighted by Crippen LogP contribution is 2.15. The summed E-state index contributed by atoms with van der Waals surface area (Å²) in [5, 5.41) is 5.24. The van der Waals surface area contributed by atoms with E-state index in [1.165, 1.54) is 12.3 Å². The van der Waals surface area contributed by atoms with Crippen LogP contribution in [0.2, 0.25) is 0 Å². The van der Waals surface area contributed by atoms with E-state index in [9.17, 15) is 9.59 Å². The fourth-order valence-electron chi connectivity index (χ4n) is 2.52. The highest BCUT2D eigenvalue weighted by atomic mass is 16.5. The van der Waals surface area contributed by atoms with Gasteiger partial charge < -0.3 is 19.8 Å². The van der Waals surface area contributed by atoms with Gasteiger partial charge in [0.05, 0.1) is 12.6 Å². The Balaban J connectivity index is 1.73. The van der Waals surface area contributed by atoms with Gasteiger partial charge in [0.2, 0.25) is 11.8 Å². The first-order valence-electron chi connectivity index (χ1n) is 8.09. The van der Waals surface area contributed by atoms with E-state index in [2.05, 4.69) is 27.1 Å². The third-order valence-electron chi connectivity index (χ3n) is 3.67. The summed E-state index contributed by atoms with van der Waals surface area (Å²) in [5.74, 6) is -0.0901. The lowest BCUT2D eigenvalue weighted by Crippen LogP contribution is -2.34. The van der Waals surface area contributed by atoms with Crippen molar-refractivity contribution in [2.45, 2.75) is 26.0 Å². The molecule has 1 aliphatic rings. The molecule has 0 bridgehead atoms. The van der Waals surface area contributed by atoms with E-state index in [-0.39, 0.29) is 23.6 Å². The summed E-state index contributed by atoms with van der Waals surface area (Å²) in [6.07, 6.45) is 3.79. The van der Waals surface area contributed by atoms with E-state index in [1.807, 2.05) is 6.92 Å². The van der Waals surface area contributed by atoms with Gasteiger partial charge in [-0.1, -0.05) is 6.58 Å². The van der Waals surface area contributed by atoms with E-state index >= 15 is 0 Å². The first-order chi connectivity index (χ1) is 11.6. The summed E-state index contributed by atoms with van der Waals surface area (Å²) in [7, 11) is 0. The summed E-state index contributed by atoms with van der Waals surface area (Å²) in [4.78, 5) is 29.3. The monoisotopic (exact) mass is 336 g/mol. The molecule has 1 aliphatic heterocycles. The average Bonchev–Trinajstić information content (AvgIpc) is 3.21. The summed E-state index contributed by atoms with van der Waals surface area (Å²) in [6, 6.07) is 0. The number of nitrogens with zero attached hydrogens (tertiary/aromatic N) is 2. The molecule has 24 heavy (non-hydrogen) atoms. The first kappa shape index (κ1) is 18.2. The molecule has 2 N–H and O–H groups in total. The molecule has 0 aromatic carbocycles. The van der Waals surface area contributed by atoms with Gasteiger partial charge >= 0.3 is 0 Å². The Morgan fingerprint density at radius 1 is 1.50 bits per heavy atom. The molecule has 132 valence electrons. The van der Waals surface area contributed by atoms with Gasteiger partial charge in [-0.05, 0) is 19.4 Å². The molecule has 1 aromatic rings. The van der Waals surface area contributed by atoms with E-state index in [1.54, 1.807) is 0 Å². The SMILES string of the molecule is C=CC(=O)NCCNC(=O)c1coc(CN2CCC(OCC)C2)n1. The number of amides is 2. The largest absolute Gasteiger partial charge is 0.447 e. The zero-order chi connectivity index (χ0) is 17.4. The normalized spacial score (nSPS) is 17.6. The molecular formula is C16H24N4O4. The molecule has 2 amide bonds. The fraction of sp³-hybridized carbons (Fsp3) is 0.562. The van der Waals surface area contributed by atoms with Crippen molar-refractivity contribution in [2.24, 2.45) is 0 Å². The number of hydrogen-bond donors (Lipinski definition) is 2. The molecule has 8 heteroatoms. The maximum Gasteiger partial charge on any atom is 0.273 e. The van der Waals surface area contributed by atoms with Crippen LogP contribution in [-0.4, -0.2) is 60.6 Å². The molecule has 1 saturated heterocycles. The van der Waals surface area contributed by atoms with Crippen molar-refractivity contribution in [1.82, 2.24) is 20.5 Å². The molecule has 1 fully saturated rings. The quantitative estimate of drug-likeness (QED) is 0.498. The minimum absolute atomic E-state index is 0.237. The molecule has 0 spiro atoms. The van der Waals surface area contributed by atoms with Gasteiger partial charge in [-0.15, -0.1) is 0 Å². The van der Waals surface area contributed by atoms with Gasteiger partial charge in [0.25, 0.3) is 5.91 Å². The number of oxazole rings is 1. The second-order valence-corrected chi connectivity index (χ2v) is 5.48. The molecule has 0 aliphatic carbocycles. The number of nitrogens with one attached hydrogen (secondary N) is 2. The zero-order valence-corrected chi connectivity index (χ0v) is 13.9. The van der Waals surface area contributed by atoms with Crippen molar-refractivity contribution in [3.63, 3.8) is 0 Å². The summed E-state index contributed by atoms with van der Waals surface area (Å²) in [6.45, 7) is 9.03. The topological polar surface area (TPSA) is 96.7 Å². The highest BCUT2D eigenvalue weighted by Gasteiger charge is 2.24. The highest BCUT2D eigenvalue weighted by molar-refractivity contribution is 5.92. The van der Waals surface area contributed by atoms with Crippen LogP contribution in [0.5, 0.6) is 0 Å². The van der Waals surface area contributed by atoms with Crippen LogP contribution in [0.1, 0.15) is 29.7 Å². The lowest BCUT2D eigenvalue weighted by atomic mass is 10.3. The molecule has 0 saturated carbocycles. The Labute approximate surface area is 141 Å². The van der Waals surface area contributed by atoms with Crippen molar-refractivity contribution in [1.29, 1.82) is 0 Å². The molecule has 2 rings (SSSR count). The molecule has 2 heterocycles. The lowest BCUT2D eigenvalue weighted by molar-refractivity contribution is -0.116. The van der Waals surface area contributed by atoms with Gasteiger partial charge in [-0.3, -0.25) is 14.5 Å². The molecule has 1 unspecified atom stereocenters. The number of ether oxygens (including phenoxy) is 1. The second kappa shape index (κ2) is 9.19. The fourth-order valence-corrected chi connectivity index (χ4v) is 2.52. The van der Waals surface area contributed by atoms with Crippen LogP contribution in [-0.2, 0) is 16.1 Å². The molecule has 1 aromatic heterocycles. The summed E-state index contributed by atoms with van der Waals surface area (Å²) < 4.78 is 11.0. The maximum absolute atomic E-state index is 11.9. The first-order valence-corrected chi connectivity index (χ1v) is 8.09. The van der Waals surface area contributed by atoms with Crippen LogP contribution in [0, 0.1) is 0 Å². The molecule has 0 radical (unpaired) electrons. The summed E-state index contributed by atoms with van der Waals surface area (Å²) in [5.41, 5.74) is 0.237. The molecule has 8 nitrogen and oxygen atoms in total. The number of rotatable bonds is 9. The Morgan fingerprint density at radius 2 is 2.29 bits per heavy atom.